The van der Waals surface area contributed by atoms with Crippen molar-refractivity contribution in [2.24, 2.45) is 0 Å². The van der Waals surface area contributed by atoms with Crippen molar-refractivity contribution in [2.45, 2.75) is 0 Å². The van der Waals surface area contributed by atoms with Crippen molar-refractivity contribution < 1.29 is 18.7 Å². The molecule has 3 rings (SSSR count). The molecule has 0 aliphatic carbocycles. The van der Waals surface area contributed by atoms with Crippen molar-refractivity contribution in [1.82, 2.24) is 10.1 Å². The number of rotatable bonds is 5. The van der Waals surface area contributed by atoms with Crippen LogP contribution in [0.4, 0.5) is 0 Å². The lowest BCUT2D eigenvalue weighted by molar-refractivity contribution is 0.324. The molecule has 2 aromatic carbocycles. The molecule has 6 nitrogen and oxygen atoms in total. The fraction of sp³-hybridized carbons (Fsp3) is 0.176. The molecule has 0 unspecified atom stereocenters. The lowest BCUT2D eigenvalue weighted by atomic mass is 10.1. The molecule has 23 heavy (non-hydrogen) atoms. The lowest BCUT2D eigenvalue weighted by Gasteiger charge is -2.12. The van der Waals surface area contributed by atoms with Crippen LogP contribution in [0.15, 0.2) is 47.0 Å². The van der Waals surface area contributed by atoms with Crippen LogP contribution >= 0.6 is 0 Å². The number of benzene rings is 2. The number of methoxy groups -OCH3 is 3. The van der Waals surface area contributed by atoms with E-state index in [-0.39, 0.29) is 0 Å². The predicted octanol–water partition coefficient (Wildman–Crippen LogP) is 3.43. The highest BCUT2D eigenvalue weighted by molar-refractivity contribution is 5.67. The van der Waals surface area contributed by atoms with E-state index < -0.39 is 0 Å². The monoisotopic (exact) mass is 312 g/mol. The molecule has 0 saturated carbocycles. The fourth-order valence-electron chi connectivity index (χ4n) is 2.25. The summed E-state index contributed by atoms with van der Waals surface area (Å²) in [5, 5.41) is 4.02. The first-order valence-corrected chi connectivity index (χ1v) is 6.96. The highest BCUT2D eigenvalue weighted by Gasteiger charge is 2.18. The number of hydrogen-bond acceptors (Lipinski definition) is 6. The van der Waals surface area contributed by atoms with Gasteiger partial charge < -0.3 is 18.7 Å². The largest absolute Gasteiger partial charge is 0.493 e. The van der Waals surface area contributed by atoms with Gasteiger partial charge >= 0.3 is 0 Å². The molecular formula is C17H16N2O4. The Morgan fingerprint density at radius 2 is 1.48 bits per heavy atom. The van der Waals surface area contributed by atoms with E-state index in [1.165, 1.54) is 0 Å². The molecule has 3 aromatic rings. The van der Waals surface area contributed by atoms with Gasteiger partial charge in [-0.05, 0) is 12.1 Å². The van der Waals surface area contributed by atoms with E-state index in [4.69, 9.17) is 18.7 Å². The summed E-state index contributed by atoms with van der Waals surface area (Å²) in [5.41, 5.74) is 1.57. The smallest absolute Gasteiger partial charge is 0.258 e. The number of aromatic nitrogens is 2. The molecule has 0 radical (unpaired) electrons. The highest BCUT2D eigenvalue weighted by atomic mass is 16.5. The number of hydrogen-bond donors (Lipinski definition) is 0. The first-order chi connectivity index (χ1) is 11.3. The average Bonchev–Trinajstić information content (AvgIpc) is 3.11. The van der Waals surface area contributed by atoms with Crippen LogP contribution in [0.2, 0.25) is 0 Å². The molecule has 118 valence electrons. The Balaban J connectivity index is 2.04. The SMILES string of the molecule is COc1cc(-c2nc(-c3ccccc3)no2)cc(OC)c1OC. The van der Waals surface area contributed by atoms with Crippen molar-refractivity contribution >= 4 is 0 Å². The van der Waals surface area contributed by atoms with E-state index in [0.717, 1.165) is 5.56 Å². The normalized spacial score (nSPS) is 10.4. The van der Waals surface area contributed by atoms with Crippen molar-refractivity contribution in [3.63, 3.8) is 0 Å². The summed E-state index contributed by atoms with van der Waals surface area (Å²) in [5.74, 6) is 2.47. The summed E-state index contributed by atoms with van der Waals surface area (Å²) >= 11 is 0. The van der Waals surface area contributed by atoms with Gasteiger partial charge in [-0.1, -0.05) is 35.5 Å². The summed E-state index contributed by atoms with van der Waals surface area (Å²) in [4.78, 5) is 4.43. The summed E-state index contributed by atoms with van der Waals surface area (Å²) in [6.45, 7) is 0. The molecule has 1 heterocycles. The van der Waals surface area contributed by atoms with Crippen LogP contribution in [0.5, 0.6) is 17.2 Å². The molecule has 0 saturated heterocycles. The van der Waals surface area contributed by atoms with Crippen LogP contribution in [0.3, 0.4) is 0 Å². The Hall–Kier alpha value is -3.02. The number of nitrogens with zero attached hydrogens (tertiary/aromatic N) is 2. The Kier molecular flexibility index (Phi) is 4.14. The molecule has 0 amide bonds. The van der Waals surface area contributed by atoms with Gasteiger partial charge in [-0.25, -0.2) is 0 Å². The van der Waals surface area contributed by atoms with Gasteiger partial charge in [0.1, 0.15) is 0 Å². The number of ether oxygens (including phenoxy) is 3. The Labute approximate surface area is 133 Å². The zero-order valence-electron chi connectivity index (χ0n) is 13.1. The minimum atomic E-state index is 0.378. The van der Waals surface area contributed by atoms with Crippen LogP contribution in [0.25, 0.3) is 22.8 Å². The molecule has 0 spiro atoms. The first-order valence-electron chi connectivity index (χ1n) is 6.96. The molecule has 0 bridgehead atoms. The highest BCUT2D eigenvalue weighted by Crippen LogP contribution is 2.41. The first kappa shape index (κ1) is 14.9. The Morgan fingerprint density at radius 3 is 2.04 bits per heavy atom. The van der Waals surface area contributed by atoms with Crippen molar-refractivity contribution in [2.75, 3.05) is 21.3 Å². The second kappa shape index (κ2) is 6.39. The maximum Gasteiger partial charge on any atom is 0.258 e. The topological polar surface area (TPSA) is 66.6 Å². The van der Waals surface area contributed by atoms with E-state index in [0.29, 0.717) is 34.5 Å². The molecule has 0 aliphatic heterocycles. The van der Waals surface area contributed by atoms with Gasteiger partial charge in [0.05, 0.1) is 21.3 Å². The van der Waals surface area contributed by atoms with E-state index in [2.05, 4.69) is 10.1 Å². The van der Waals surface area contributed by atoms with E-state index in [1.807, 2.05) is 30.3 Å². The summed E-state index contributed by atoms with van der Waals surface area (Å²) in [7, 11) is 4.68. The minimum Gasteiger partial charge on any atom is -0.493 e. The third kappa shape index (κ3) is 2.83. The van der Waals surface area contributed by atoms with E-state index in [9.17, 15) is 0 Å². The zero-order valence-corrected chi connectivity index (χ0v) is 13.1. The lowest BCUT2D eigenvalue weighted by Crippen LogP contribution is -1.95. The molecule has 0 fully saturated rings. The van der Waals surface area contributed by atoms with Crippen LogP contribution in [-0.2, 0) is 0 Å². The second-order valence-electron chi connectivity index (χ2n) is 4.70. The van der Waals surface area contributed by atoms with Crippen molar-refractivity contribution in [3.05, 3.63) is 42.5 Å². The van der Waals surface area contributed by atoms with Crippen molar-refractivity contribution in [3.8, 4) is 40.1 Å². The molecule has 0 N–H and O–H groups in total. The van der Waals surface area contributed by atoms with Crippen LogP contribution < -0.4 is 14.2 Å². The van der Waals surface area contributed by atoms with E-state index >= 15 is 0 Å². The maximum atomic E-state index is 5.36. The standard InChI is InChI=1S/C17H16N2O4/c1-20-13-9-12(10-14(21-2)15(13)22-3)17-18-16(19-23-17)11-7-5-4-6-8-11/h4-10H,1-3H3. The predicted molar refractivity (Wildman–Crippen MR) is 84.8 cm³/mol. The third-order valence-corrected chi connectivity index (χ3v) is 3.37. The third-order valence-electron chi connectivity index (χ3n) is 3.37. The van der Waals surface area contributed by atoms with Gasteiger partial charge in [0.2, 0.25) is 11.6 Å². The van der Waals surface area contributed by atoms with E-state index in [1.54, 1.807) is 33.5 Å². The fourth-order valence-corrected chi connectivity index (χ4v) is 2.25. The molecule has 0 aliphatic rings. The average molecular weight is 312 g/mol. The van der Waals surface area contributed by atoms with Crippen LogP contribution in [0, 0.1) is 0 Å². The van der Waals surface area contributed by atoms with Crippen molar-refractivity contribution in [1.29, 1.82) is 0 Å². The molecule has 0 atom stereocenters. The Bertz CT molecular complexity index is 774. The molecular weight excluding hydrogens is 296 g/mol. The van der Waals surface area contributed by atoms with Gasteiger partial charge in [-0.15, -0.1) is 0 Å². The summed E-state index contributed by atoms with van der Waals surface area (Å²) < 4.78 is 21.3. The van der Waals surface area contributed by atoms with Gasteiger partial charge in [0.25, 0.3) is 5.89 Å². The zero-order chi connectivity index (χ0) is 16.2. The molecule has 1 aromatic heterocycles. The van der Waals surface area contributed by atoms with Crippen LogP contribution in [0.1, 0.15) is 0 Å². The van der Waals surface area contributed by atoms with Gasteiger partial charge in [-0.3, -0.25) is 0 Å². The Morgan fingerprint density at radius 1 is 0.826 bits per heavy atom. The molecule has 6 heteroatoms. The summed E-state index contributed by atoms with van der Waals surface area (Å²) in [6, 6.07) is 13.2. The summed E-state index contributed by atoms with van der Waals surface area (Å²) in [6.07, 6.45) is 0. The minimum absolute atomic E-state index is 0.378. The van der Waals surface area contributed by atoms with Gasteiger partial charge in [0, 0.05) is 11.1 Å². The van der Waals surface area contributed by atoms with Gasteiger partial charge in [-0.2, -0.15) is 4.98 Å². The second-order valence-corrected chi connectivity index (χ2v) is 4.70. The van der Waals surface area contributed by atoms with Crippen LogP contribution in [-0.4, -0.2) is 31.5 Å². The quantitative estimate of drug-likeness (QED) is 0.719. The van der Waals surface area contributed by atoms with Gasteiger partial charge in [0.15, 0.2) is 11.5 Å². The maximum absolute atomic E-state index is 5.36.